The topological polar surface area (TPSA) is 41.6 Å². The number of nitrogens with one attached hydrogen (secondary N) is 1. The number of likely N-dealkylation sites (N-methyl/N-ethyl adjacent to an activating group) is 1. The van der Waals surface area contributed by atoms with Gasteiger partial charge in [0.2, 0.25) is 5.91 Å². The first-order valence-electron chi connectivity index (χ1n) is 5.83. The van der Waals surface area contributed by atoms with Gasteiger partial charge in [0, 0.05) is 24.5 Å². The second-order valence-electron chi connectivity index (χ2n) is 4.32. The third kappa shape index (κ3) is 4.11. The number of ether oxygens (including phenoxy) is 1. The molecule has 1 aliphatic rings. The van der Waals surface area contributed by atoms with Crippen LogP contribution in [0.4, 0.5) is 0 Å². The average molecular weight is 254 g/mol. The normalized spacial score (nSPS) is 21.4. The Labute approximate surface area is 106 Å². The van der Waals surface area contributed by atoms with Crippen LogP contribution in [0.15, 0.2) is 17.5 Å². The zero-order valence-corrected chi connectivity index (χ0v) is 10.8. The predicted octanol–water partition coefficient (Wildman–Crippen LogP) is 0.737. The van der Waals surface area contributed by atoms with E-state index in [0.29, 0.717) is 13.0 Å². The van der Waals surface area contributed by atoms with E-state index in [9.17, 15) is 4.79 Å². The first kappa shape index (κ1) is 12.5. The van der Waals surface area contributed by atoms with Gasteiger partial charge in [0.05, 0.1) is 19.1 Å². The van der Waals surface area contributed by atoms with Crippen molar-refractivity contribution in [3.8, 4) is 0 Å². The maximum atomic E-state index is 11.7. The number of hydrogen-bond acceptors (Lipinski definition) is 4. The molecule has 0 spiro atoms. The SMILES string of the molecule is CN1CCOC(CNC(=O)Cc2cccs2)C1. The minimum Gasteiger partial charge on any atom is -0.374 e. The van der Waals surface area contributed by atoms with Gasteiger partial charge < -0.3 is 15.0 Å². The van der Waals surface area contributed by atoms with Crippen LogP contribution in [0.25, 0.3) is 0 Å². The Morgan fingerprint density at radius 2 is 2.59 bits per heavy atom. The lowest BCUT2D eigenvalue weighted by atomic mass is 10.2. The second-order valence-corrected chi connectivity index (χ2v) is 5.35. The van der Waals surface area contributed by atoms with E-state index in [1.54, 1.807) is 11.3 Å². The minimum absolute atomic E-state index is 0.0734. The van der Waals surface area contributed by atoms with Crippen molar-refractivity contribution in [2.45, 2.75) is 12.5 Å². The number of rotatable bonds is 4. The maximum absolute atomic E-state index is 11.7. The monoisotopic (exact) mass is 254 g/mol. The summed E-state index contributed by atoms with van der Waals surface area (Å²) in [5, 5.41) is 4.92. The van der Waals surface area contributed by atoms with Crippen molar-refractivity contribution in [1.29, 1.82) is 0 Å². The predicted molar refractivity (Wildman–Crippen MR) is 68.3 cm³/mol. The van der Waals surface area contributed by atoms with Gasteiger partial charge in [-0.25, -0.2) is 0 Å². The summed E-state index contributed by atoms with van der Waals surface area (Å²) in [5.41, 5.74) is 0. The van der Waals surface area contributed by atoms with E-state index in [2.05, 4.69) is 17.3 Å². The zero-order chi connectivity index (χ0) is 12.1. The highest BCUT2D eigenvalue weighted by atomic mass is 32.1. The van der Waals surface area contributed by atoms with Crippen molar-refractivity contribution in [1.82, 2.24) is 10.2 Å². The van der Waals surface area contributed by atoms with Crippen molar-refractivity contribution in [3.05, 3.63) is 22.4 Å². The summed E-state index contributed by atoms with van der Waals surface area (Å²) < 4.78 is 5.58. The van der Waals surface area contributed by atoms with Crippen LogP contribution in [0.3, 0.4) is 0 Å². The molecule has 0 aromatic carbocycles. The molecule has 0 aliphatic carbocycles. The van der Waals surface area contributed by atoms with Crippen molar-refractivity contribution >= 4 is 17.2 Å². The largest absolute Gasteiger partial charge is 0.374 e. The molecule has 1 fully saturated rings. The van der Waals surface area contributed by atoms with E-state index in [4.69, 9.17) is 4.74 Å². The maximum Gasteiger partial charge on any atom is 0.225 e. The molecule has 4 nitrogen and oxygen atoms in total. The Bertz CT molecular complexity index is 353. The second kappa shape index (κ2) is 6.14. The Kier molecular flexibility index (Phi) is 4.53. The molecule has 2 heterocycles. The summed E-state index contributed by atoms with van der Waals surface area (Å²) in [6, 6.07) is 3.95. The lowest BCUT2D eigenvalue weighted by Gasteiger charge is -2.30. The van der Waals surface area contributed by atoms with E-state index >= 15 is 0 Å². The smallest absolute Gasteiger partial charge is 0.225 e. The molecular formula is C12H18N2O2S. The molecule has 17 heavy (non-hydrogen) atoms. The minimum atomic E-state index is 0.0734. The van der Waals surface area contributed by atoms with Gasteiger partial charge in [-0.2, -0.15) is 0 Å². The summed E-state index contributed by atoms with van der Waals surface area (Å²) in [4.78, 5) is 15.0. The molecule has 2 rings (SSSR count). The van der Waals surface area contributed by atoms with E-state index in [1.807, 2.05) is 17.5 Å². The van der Waals surface area contributed by atoms with Crippen LogP contribution >= 0.6 is 11.3 Å². The molecule has 1 saturated heterocycles. The average Bonchev–Trinajstić information content (AvgIpc) is 2.79. The third-order valence-electron chi connectivity index (χ3n) is 2.78. The van der Waals surface area contributed by atoms with Crippen LogP contribution in [0, 0.1) is 0 Å². The molecule has 94 valence electrons. The summed E-state index contributed by atoms with van der Waals surface area (Å²) in [6.07, 6.45) is 0.598. The lowest BCUT2D eigenvalue weighted by molar-refractivity contribution is -0.121. The number of carbonyl (C=O) groups excluding carboxylic acids is 1. The van der Waals surface area contributed by atoms with Crippen LogP contribution in [0.2, 0.25) is 0 Å². The number of thiophene rings is 1. The molecule has 1 unspecified atom stereocenters. The Morgan fingerprint density at radius 1 is 1.71 bits per heavy atom. The van der Waals surface area contributed by atoms with Crippen LogP contribution in [0.1, 0.15) is 4.88 Å². The van der Waals surface area contributed by atoms with E-state index in [1.165, 1.54) is 0 Å². The zero-order valence-electron chi connectivity index (χ0n) is 10.0. The van der Waals surface area contributed by atoms with Crippen LogP contribution < -0.4 is 5.32 Å². The van der Waals surface area contributed by atoms with Gasteiger partial charge in [-0.1, -0.05) is 6.07 Å². The number of morpholine rings is 1. The van der Waals surface area contributed by atoms with E-state index in [0.717, 1.165) is 24.6 Å². The fourth-order valence-electron chi connectivity index (χ4n) is 1.85. The van der Waals surface area contributed by atoms with Gasteiger partial charge in [-0.3, -0.25) is 4.79 Å². The Morgan fingerprint density at radius 3 is 3.29 bits per heavy atom. The Balaban J connectivity index is 1.69. The number of hydrogen-bond donors (Lipinski definition) is 1. The molecule has 1 aromatic heterocycles. The van der Waals surface area contributed by atoms with E-state index < -0.39 is 0 Å². The van der Waals surface area contributed by atoms with Crippen molar-refractivity contribution in [2.24, 2.45) is 0 Å². The van der Waals surface area contributed by atoms with Crippen LogP contribution in [0.5, 0.6) is 0 Å². The quantitative estimate of drug-likeness (QED) is 0.861. The molecule has 0 saturated carbocycles. The molecule has 1 N–H and O–H groups in total. The van der Waals surface area contributed by atoms with Crippen LogP contribution in [-0.4, -0.2) is 50.2 Å². The summed E-state index contributed by atoms with van der Waals surface area (Å²) in [6.45, 7) is 3.22. The first-order valence-corrected chi connectivity index (χ1v) is 6.71. The molecule has 1 aliphatic heterocycles. The molecule has 1 amide bonds. The highest BCUT2D eigenvalue weighted by Crippen LogP contribution is 2.09. The van der Waals surface area contributed by atoms with Crippen molar-refractivity contribution in [3.63, 3.8) is 0 Å². The molecular weight excluding hydrogens is 236 g/mol. The highest BCUT2D eigenvalue weighted by molar-refractivity contribution is 7.10. The van der Waals surface area contributed by atoms with Gasteiger partial charge in [0.25, 0.3) is 0 Å². The van der Waals surface area contributed by atoms with Gasteiger partial charge in [-0.15, -0.1) is 11.3 Å². The molecule has 0 bridgehead atoms. The first-order chi connectivity index (χ1) is 8.24. The van der Waals surface area contributed by atoms with Gasteiger partial charge in [0.15, 0.2) is 0 Å². The van der Waals surface area contributed by atoms with Gasteiger partial charge in [0.1, 0.15) is 0 Å². The summed E-state index contributed by atoms with van der Waals surface area (Å²) in [5.74, 6) is 0.0734. The summed E-state index contributed by atoms with van der Waals surface area (Å²) >= 11 is 1.61. The van der Waals surface area contributed by atoms with Crippen LogP contribution in [-0.2, 0) is 16.0 Å². The molecule has 5 heteroatoms. The highest BCUT2D eigenvalue weighted by Gasteiger charge is 2.18. The van der Waals surface area contributed by atoms with Gasteiger partial charge in [-0.05, 0) is 18.5 Å². The molecule has 1 aromatic rings. The Hall–Kier alpha value is -0.910. The number of amides is 1. The molecule has 1 atom stereocenters. The standard InChI is InChI=1S/C12H18N2O2S/c1-14-4-5-16-10(9-14)8-13-12(15)7-11-3-2-6-17-11/h2-3,6,10H,4-5,7-9H2,1H3,(H,13,15). The number of carbonyl (C=O) groups is 1. The van der Waals surface area contributed by atoms with E-state index in [-0.39, 0.29) is 12.0 Å². The van der Waals surface area contributed by atoms with Crippen molar-refractivity contribution in [2.75, 3.05) is 33.3 Å². The molecule has 0 radical (unpaired) electrons. The fraction of sp³-hybridized carbons (Fsp3) is 0.583. The summed E-state index contributed by atoms with van der Waals surface area (Å²) in [7, 11) is 2.07. The third-order valence-corrected chi connectivity index (χ3v) is 3.66. The van der Waals surface area contributed by atoms with Gasteiger partial charge >= 0.3 is 0 Å². The lowest BCUT2D eigenvalue weighted by Crippen LogP contribution is -2.46. The van der Waals surface area contributed by atoms with Crippen molar-refractivity contribution < 1.29 is 9.53 Å². The fourth-order valence-corrected chi connectivity index (χ4v) is 2.56. The number of nitrogens with zero attached hydrogens (tertiary/aromatic N) is 1.